The number of hydrogen-bond acceptors (Lipinski definition) is 4. The lowest BCUT2D eigenvalue weighted by atomic mass is 10.00. The van der Waals surface area contributed by atoms with Crippen LogP contribution in [0.1, 0.15) is 5.56 Å². The highest BCUT2D eigenvalue weighted by molar-refractivity contribution is 6.11. The van der Waals surface area contributed by atoms with E-state index in [1.54, 1.807) is 12.1 Å². The first-order valence-electron chi connectivity index (χ1n) is 15.5. The van der Waals surface area contributed by atoms with Gasteiger partial charge in [0.2, 0.25) is 0 Å². The second-order valence-electron chi connectivity index (χ2n) is 11.4. The van der Waals surface area contributed by atoms with Gasteiger partial charge in [0.1, 0.15) is 0 Å². The van der Waals surface area contributed by atoms with E-state index in [1.807, 2.05) is 103 Å². The Bertz CT molecular complexity index is 2630. The molecule has 0 bridgehead atoms. The van der Waals surface area contributed by atoms with E-state index in [-0.39, 0.29) is 0 Å². The molecule has 0 N–H and O–H groups in total. The molecule has 0 fully saturated rings. The van der Waals surface area contributed by atoms with Crippen molar-refractivity contribution in [3.63, 3.8) is 0 Å². The maximum Gasteiger partial charge on any atom is 0.198 e. The van der Waals surface area contributed by atoms with Crippen LogP contribution in [0.4, 0.5) is 11.4 Å². The van der Waals surface area contributed by atoms with E-state index in [4.69, 9.17) is 28.1 Å². The van der Waals surface area contributed by atoms with Crippen molar-refractivity contribution >= 4 is 33.2 Å². The van der Waals surface area contributed by atoms with Crippen molar-refractivity contribution in [2.24, 2.45) is 0 Å². The van der Waals surface area contributed by atoms with Crippen LogP contribution in [0.5, 0.6) is 0 Å². The molecule has 6 aromatic carbocycles. The van der Waals surface area contributed by atoms with Crippen LogP contribution < -0.4 is 0 Å². The minimum atomic E-state index is 0.413. The maximum absolute atomic E-state index is 9.36. The minimum absolute atomic E-state index is 0.413. The van der Waals surface area contributed by atoms with Crippen molar-refractivity contribution < 1.29 is 0 Å². The first-order chi connectivity index (χ1) is 24.1. The summed E-state index contributed by atoms with van der Waals surface area (Å²) in [5.74, 6) is 1.46. The van der Waals surface area contributed by atoms with Gasteiger partial charge >= 0.3 is 0 Å². The fraction of sp³-hybridized carbons (Fsp3) is 0. The van der Waals surface area contributed by atoms with Gasteiger partial charge in [-0.15, -0.1) is 0 Å². The number of fused-ring (bicyclic) bond motifs is 3. The van der Waals surface area contributed by atoms with E-state index in [0.717, 1.165) is 49.7 Å². The third-order valence-corrected chi connectivity index (χ3v) is 8.53. The van der Waals surface area contributed by atoms with Crippen molar-refractivity contribution in [1.29, 1.82) is 5.26 Å². The van der Waals surface area contributed by atoms with Gasteiger partial charge in [0.15, 0.2) is 28.8 Å². The second-order valence-corrected chi connectivity index (χ2v) is 11.4. The predicted molar refractivity (Wildman–Crippen MR) is 193 cm³/mol. The van der Waals surface area contributed by atoms with Gasteiger partial charge in [0, 0.05) is 38.7 Å². The molecule has 0 aliphatic carbocycles. The van der Waals surface area contributed by atoms with Gasteiger partial charge in [-0.1, -0.05) is 97.1 Å². The molecule has 2 heterocycles. The Hall–Kier alpha value is -7.40. The largest absolute Gasteiger partial charge is 0.309 e. The van der Waals surface area contributed by atoms with E-state index in [0.29, 0.717) is 40.0 Å². The topological polar surface area (TPSA) is 76.1 Å². The number of aromatic nitrogens is 4. The van der Waals surface area contributed by atoms with Crippen LogP contribution in [0.3, 0.4) is 0 Å². The molecule has 0 atom stereocenters. The van der Waals surface area contributed by atoms with Crippen molar-refractivity contribution in [3.05, 3.63) is 168 Å². The first-order valence-corrected chi connectivity index (χ1v) is 15.5. The van der Waals surface area contributed by atoms with E-state index in [9.17, 15) is 5.26 Å². The molecule has 0 spiro atoms. The van der Waals surface area contributed by atoms with Crippen LogP contribution in [-0.4, -0.2) is 19.5 Å². The lowest BCUT2D eigenvalue weighted by Gasteiger charge is -2.13. The van der Waals surface area contributed by atoms with E-state index >= 15 is 0 Å². The zero-order chi connectivity index (χ0) is 33.3. The van der Waals surface area contributed by atoms with Crippen molar-refractivity contribution in [3.8, 4) is 57.0 Å². The maximum atomic E-state index is 9.36. The van der Waals surface area contributed by atoms with E-state index < -0.39 is 0 Å². The molecule has 8 rings (SSSR count). The number of benzene rings is 6. The summed E-state index contributed by atoms with van der Waals surface area (Å²) in [6.07, 6.45) is 0. The Balaban J connectivity index is 1.34. The Morgan fingerprint density at radius 2 is 1.14 bits per heavy atom. The number of para-hydroxylation sites is 1. The number of nitrogens with zero attached hydrogens (tertiary/aromatic N) is 7. The van der Waals surface area contributed by atoms with Crippen molar-refractivity contribution in [2.75, 3.05) is 0 Å². The molecule has 0 amide bonds. The first kappa shape index (κ1) is 29.0. The van der Waals surface area contributed by atoms with Crippen molar-refractivity contribution in [1.82, 2.24) is 19.5 Å². The molecule has 0 radical (unpaired) electrons. The van der Waals surface area contributed by atoms with Gasteiger partial charge in [0.05, 0.1) is 30.2 Å². The molecular weight excluding hydrogens is 603 g/mol. The van der Waals surface area contributed by atoms with Gasteiger partial charge in [0.25, 0.3) is 0 Å². The molecule has 0 aliphatic rings. The van der Waals surface area contributed by atoms with Gasteiger partial charge in [-0.2, -0.15) is 5.26 Å². The van der Waals surface area contributed by atoms with Crippen LogP contribution in [0.2, 0.25) is 0 Å². The summed E-state index contributed by atoms with van der Waals surface area (Å²) in [6.45, 7) is 15.8. The second kappa shape index (κ2) is 12.1. The van der Waals surface area contributed by atoms with Gasteiger partial charge in [-0.3, -0.25) is 0 Å². The molecule has 8 aromatic rings. The lowest BCUT2D eigenvalue weighted by molar-refractivity contribution is 1.07. The Morgan fingerprint density at radius 3 is 1.82 bits per heavy atom. The normalized spacial score (nSPS) is 10.8. The fourth-order valence-electron chi connectivity index (χ4n) is 6.23. The Morgan fingerprint density at radius 1 is 0.510 bits per heavy atom. The van der Waals surface area contributed by atoms with Crippen LogP contribution in [-0.2, 0) is 0 Å². The SMILES string of the molecule is [C-]#[N+]c1cc(C#N)ccc1-c1ccc2c(c1)c1ccccc1n2-c1ccc([N+]#[C-])c(-c2nc(-c3ccccc3)nc(-c3ccccc3)n2)c1. The summed E-state index contributed by atoms with van der Waals surface area (Å²) in [4.78, 5) is 22.2. The average molecular weight is 626 g/mol. The summed E-state index contributed by atoms with van der Waals surface area (Å²) >= 11 is 0. The zero-order valence-electron chi connectivity index (χ0n) is 25.9. The minimum Gasteiger partial charge on any atom is -0.309 e. The Labute approximate surface area is 282 Å². The van der Waals surface area contributed by atoms with Gasteiger partial charge in [-0.05, 0) is 53.6 Å². The van der Waals surface area contributed by atoms with Crippen LogP contribution in [0.15, 0.2) is 140 Å². The third-order valence-electron chi connectivity index (χ3n) is 8.53. The molecular formula is C42H23N7. The summed E-state index contributed by atoms with van der Waals surface area (Å²) in [7, 11) is 0. The number of hydrogen-bond donors (Lipinski definition) is 0. The van der Waals surface area contributed by atoms with Crippen LogP contribution in [0.25, 0.3) is 82.5 Å². The molecule has 7 heteroatoms. The molecule has 0 aliphatic heterocycles. The smallest absolute Gasteiger partial charge is 0.198 e. The highest BCUT2D eigenvalue weighted by Crippen LogP contribution is 2.40. The summed E-state index contributed by atoms with van der Waals surface area (Å²) in [5, 5.41) is 11.4. The molecule has 0 saturated carbocycles. The quantitative estimate of drug-likeness (QED) is 0.178. The highest BCUT2D eigenvalue weighted by Gasteiger charge is 2.19. The molecule has 226 valence electrons. The molecule has 7 nitrogen and oxygen atoms in total. The standard InChI is InChI=1S/C42H23N7/c1-44-36-21-19-31(25-35(36)42-47-40(28-11-5-3-6-12-28)46-41(48-42)29-13-7-4-8-14-29)49-38-16-10-9-15-33(38)34-24-30(18-22-39(34)49)32-20-17-27(26-43)23-37(32)45-2/h3-25H. The molecule has 2 aromatic heterocycles. The zero-order valence-corrected chi connectivity index (χ0v) is 25.9. The fourth-order valence-corrected chi connectivity index (χ4v) is 6.23. The lowest BCUT2D eigenvalue weighted by Crippen LogP contribution is -2.01. The molecule has 49 heavy (non-hydrogen) atoms. The molecule has 0 unspecified atom stereocenters. The number of nitriles is 1. The summed E-state index contributed by atoms with van der Waals surface area (Å²) in [5.41, 5.74) is 8.11. The predicted octanol–water partition coefficient (Wildman–Crippen LogP) is 10.6. The average Bonchev–Trinajstić information content (AvgIpc) is 3.51. The summed E-state index contributed by atoms with van der Waals surface area (Å²) in [6, 6.07) is 47.0. The van der Waals surface area contributed by atoms with E-state index in [2.05, 4.69) is 44.6 Å². The Kier molecular flexibility index (Phi) is 7.16. The van der Waals surface area contributed by atoms with E-state index in [1.165, 1.54) is 0 Å². The van der Waals surface area contributed by atoms with Gasteiger partial charge in [-0.25, -0.2) is 24.6 Å². The number of rotatable bonds is 5. The monoisotopic (exact) mass is 625 g/mol. The third kappa shape index (κ3) is 5.13. The highest BCUT2D eigenvalue weighted by atomic mass is 15.0. The van der Waals surface area contributed by atoms with Gasteiger partial charge < -0.3 is 4.57 Å². The van der Waals surface area contributed by atoms with Crippen molar-refractivity contribution in [2.45, 2.75) is 0 Å². The summed E-state index contributed by atoms with van der Waals surface area (Å²) < 4.78 is 2.18. The molecule has 0 saturated heterocycles. The van der Waals surface area contributed by atoms with Crippen LogP contribution >= 0.6 is 0 Å². The van der Waals surface area contributed by atoms with Crippen LogP contribution in [0, 0.1) is 24.5 Å².